The molecule has 2 aliphatic rings. The van der Waals surface area contributed by atoms with E-state index in [0.29, 0.717) is 23.7 Å². The summed E-state index contributed by atoms with van der Waals surface area (Å²) in [6.45, 7) is 3.94. The van der Waals surface area contributed by atoms with Crippen LogP contribution in [0.3, 0.4) is 0 Å². The van der Waals surface area contributed by atoms with E-state index >= 15 is 0 Å². The summed E-state index contributed by atoms with van der Waals surface area (Å²) in [5, 5.41) is 7.72. The van der Waals surface area contributed by atoms with Gasteiger partial charge < -0.3 is 16.8 Å². The standard InChI is InChI=1S/C23H29N5O2/c1-2-19(29)26-18(11-14-7-8-14)13-28-22(24)20(23(25)30)21(27-28)17-10-9-15-5-3-4-6-16(15)12-17/h2-6,14,17-18H,1,7-13,24H2,(H2,25,30)(H,26,29)/t17?,18-/m0/s1. The van der Waals surface area contributed by atoms with Crippen molar-refractivity contribution in [2.24, 2.45) is 11.7 Å². The maximum atomic E-state index is 12.2. The third-order valence-corrected chi connectivity index (χ3v) is 6.24. The van der Waals surface area contributed by atoms with Crippen LogP contribution in [0.5, 0.6) is 0 Å². The molecule has 1 heterocycles. The van der Waals surface area contributed by atoms with Crippen LogP contribution in [0.2, 0.25) is 0 Å². The van der Waals surface area contributed by atoms with Crippen molar-refractivity contribution < 1.29 is 9.59 Å². The van der Waals surface area contributed by atoms with Crippen molar-refractivity contribution in [1.82, 2.24) is 15.1 Å². The number of nitrogens with two attached hydrogens (primary N) is 2. The molecule has 2 aliphatic carbocycles. The number of benzene rings is 1. The average molecular weight is 408 g/mol. The van der Waals surface area contributed by atoms with Gasteiger partial charge >= 0.3 is 0 Å². The van der Waals surface area contributed by atoms with Crippen LogP contribution < -0.4 is 16.8 Å². The van der Waals surface area contributed by atoms with Crippen molar-refractivity contribution in [2.45, 2.75) is 57.0 Å². The van der Waals surface area contributed by atoms with Crippen LogP contribution in [0.4, 0.5) is 5.82 Å². The third kappa shape index (κ3) is 4.25. The molecule has 0 saturated heterocycles. The van der Waals surface area contributed by atoms with Gasteiger partial charge in [0.15, 0.2) is 0 Å². The number of nitrogens with zero attached hydrogens (tertiary/aromatic N) is 2. The minimum absolute atomic E-state index is 0.0931. The number of hydrogen-bond donors (Lipinski definition) is 3. The van der Waals surface area contributed by atoms with E-state index in [1.54, 1.807) is 4.68 Å². The Labute approximate surface area is 176 Å². The zero-order valence-electron chi connectivity index (χ0n) is 17.1. The first-order valence-corrected chi connectivity index (χ1v) is 10.6. The van der Waals surface area contributed by atoms with Crippen molar-refractivity contribution in [2.75, 3.05) is 5.73 Å². The first-order valence-electron chi connectivity index (χ1n) is 10.6. The molecule has 0 aliphatic heterocycles. The number of amides is 2. The monoisotopic (exact) mass is 407 g/mol. The second-order valence-electron chi connectivity index (χ2n) is 8.49. The molecule has 0 radical (unpaired) electrons. The van der Waals surface area contributed by atoms with Crippen molar-refractivity contribution in [3.05, 3.63) is 59.3 Å². The number of rotatable bonds is 8. The smallest absolute Gasteiger partial charge is 0.254 e. The molecular weight excluding hydrogens is 378 g/mol. The molecule has 158 valence electrons. The number of nitrogen functional groups attached to an aromatic ring is 1. The third-order valence-electron chi connectivity index (χ3n) is 6.24. The Kier molecular flexibility index (Phi) is 5.61. The molecule has 1 unspecified atom stereocenters. The summed E-state index contributed by atoms with van der Waals surface area (Å²) in [7, 11) is 0. The van der Waals surface area contributed by atoms with E-state index in [1.807, 2.05) is 6.07 Å². The van der Waals surface area contributed by atoms with Crippen molar-refractivity contribution in [3.8, 4) is 0 Å². The molecule has 2 amide bonds. The minimum Gasteiger partial charge on any atom is -0.383 e. The lowest BCUT2D eigenvalue weighted by atomic mass is 9.81. The molecule has 7 nitrogen and oxygen atoms in total. The van der Waals surface area contributed by atoms with Gasteiger partial charge in [0.25, 0.3) is 5.91 Å². The van der Waals surface area contributed by atoms with Crippen LogP contribution in [-0.2, 0) is 24.2 Å². The first kappa shape index (κ1) is 20.2. The molecule has 1 fully saturated rings. The number of nitrogens with one attached hydrogen (secondary N) is 1. The second kappa shape index (κ2) is 8.34. The number of carbonyl (C=O) groups excluding carboxylic acids is 2. The van der Waals surface area contributed by atoms with Crippen LogP contribution in [0, 0.1) is 5.92 Å². The van der Waals surface area contributed by atoms with E-state index in [0.717, 1.165) is 25.7 Å². The number of primary amides is 1. The van der Waals surface area contributed by atoms with Crippen LogP contribution in [-0.4, -0.2) is 27.6 Å². The highest BCUT2D eigenvalue weighted by Gasteiger charge is 2.31. The normalized spacial score (nSPS) is 19.0. The Morgan fingerprint density at radius 1 is 1.27 bits per heavy atom. The largest absolute Gasteiger partial charge is 0.383 e. The van der Waals surface area contributed by atoms with Crippen molar-refractivity contribution >= 4 is 17.6 Å². The summed E-state index contributed by atoms with van der Waals surface area (Å²) >= 11 is 0. The van der Waals surface area contributed by atoms with Gasteiger partial charge in [0.05, 0.1) is 12.2 Å². The van der Waals surface area contributed by atoms with Gasteiger partial charge in [-0.1, -0.05) is 43.7 Å². The van der Waals surface area contributed by atoms with Crippen LogP contribution in [0.25, 0.3) is 0 Å². The maximum absolute atomic E-state index is 12.2. The lowest BCUT2D eigenvalue weighted by Gasteiger charge is -2.23. The molecule has 1 saturated carbocycles. The molecule has 7 heteroatoms. The van der Waals surface area contributed by atoms with E-state index in [2.05, 4.69) is 30.1 Å². The summed E-state index contributed by atoms with van der Waals surface area (Å²) in [6.07, 6.45) is 7.12. The SMILES string of the molecule is C=CC(=O)N[C@@H](CC1CC1)Cn1nc(C2CCc3ccccc3C2)c(C(N)=O)c1N. The number of aryl methyl sites for hydroxylation is 1. The number of fused-ring (bicyclic) bond motifs is 1. The summed E-state index contributed by atoms with van der Waals surface area (Å²) in [4.78, 5) is 24.1. The molecule has 30 heavy (non-hydrogen) atoms. The number of aromatic nitrogens is 2. The highest BCUT2D eigenvalue weighted by atomic mass is 16.1. The molecule has 1 aromatic heterocycles. The molecule has 0 spiro atoms. The summed E-state index contributed by atoms with van der Waals surface area (Å²) in [6, 6.07) is 8.25. The van der Waals surface area contributed by atoms with Gasteiger partial charge in [0, 0.05) is 12.0 Å². The molecule has 2 aromatic rings. The highest BCUT2D eigenvalue weighted by Crippen LogP contribution is 2.36. The average Bonchev–Trinajstić information content (AvgIpc) is 3.49. The topological polar surface area (TPSA) is 116 Å². The lowest BCUT2D eigenvalue weighted by Crippen LogP contribution is -2.38. The van der Waals surface area contributed by atoms with Crippen LogP contribution in [0.1, 0.15) is 58.8 Å². The maximum Gasteiger partial charge on any atom is 0.254 e. The van der Waals surface area contributed by atoms with Gasteiger partial charge in [-0.05, 0) is 48.8 Å². The molecule has 4 rings (SSSR count). The van der Waals surface area contributed by atoms with Crippen LogP contribution >= 0.6 is 0 Å². The highest BCUT2D eigenvalue weighted by molar-refractivity contribution is 5.98. The van der Waals surface area contributed by atoms with E-state index in [-0.39, 0.29) is 23.7 Å². The minimum atomic E-state index is -0.554. The van der Waals surface area contributed by atoms with E-state index in [4.69, 9.17) is 16.6 Å². The fourth-order valence-electron chi connectivity index (χ4n) is 4.51. The number of anilines is 1. The fourth-order valence-corrected chi connectivity index (χ4v) is 4.51. The van der Waals surface area contributed by atoms with Gasteiger partial charge in [-0.3, -0.25) is 9.59 Å². The zero-order valence-corrected chi connectivity index (χ0v) is 17.1. The van der Waals surface area contributed by atoms with Crippen molar-refractivity contribution in [3.63, 3.8) is 0 Å². The molecular formula is C23H29N5O2. The Hall–Kier alpha value is -3.09. The zero-order chi connectivity index (χ0) is 21.3. The predicted octanol–water partition coefficient (Wildman–Crippen LogP) is 2.31. The Bertz CT molecular complexity index is 976. The van der Waals surface area contributed by atoms with Gasteiger partial charge in [0.1, 0.15) is 11.4 Å². The molecule has 2 atom stereocenters. The fraction of sp³-hybridized carbons (Fsp3) is 0.435. The second-order valence-corrected chi connectivity index (χ2v) is 8.49. The quantitative estimate of drug-likeness (QED) is 0.582. The van der Waals surface area contributed by atoms with Gasteiger partial charge in [-0.2, -0.15) is 5.10 Å². The van der Waals surface area contributed by atoms with Crippen molar-refractivity contribution in [1.29, 1.82) is 0 Å². The Balaban J connectivity index is 1.61. The molecule has 5 N–H and O–H groups in total. The van der Waals surface area contributed by atoms with E-state index < -0.39 is 5.91 Å². The van der Waals surface area contributed by atoms with E-state index in [9.17, 15) is 9.59 Å². The number of hydrogen-bond acceptors (Lipinski definition) is 4. The van der Waals surface area contributed by atoms with Gasteiger partial charge in [-0.25, -0.2) is 4.68 Å². The molecule has 0 bridgehead atoms. The first-order chi connectivity index (χ1) is 14.5. The van der Waals surface area contributed by atoms with Crippen LogP contribution in [0.15, 0.2) is 36.9 Å². The van der Waals surface area contributed by atoms with Gasteiger partial charge in [-0.15, -0.1) is 0 Å². The molecule has 1 aromatic carbocycles. The lowest BCUT2D eigenvalue weighted by molar-refractivity contribution is -0.117. The Morgan fingerprint density at radius 3 is 2.67 bits per heavy atom. The summed E-state index contributed by atoms with van der Waals surface area (Å²) in [5.74, 6) is 0.217. The summed E-state index contributed by atoms with van der Waals surface area (Å²) in [5.41, 5.74) is 15.7. The predicted molar refractivity (Wildman–Crippen MR) is 116 cm³/mol. The Morgan fingerprint density at radius 2 is 2.00 bits per heavy atom. The summed E-state index contributed by atoms with van der Waals surface area (Å²) < 4.78 is 1.65. The number of carbonyl (C=O) groups is 2. The van der Waals surface area contributed by atoms with E-state index in [1.165, 1.54) is 30.0 Å². The van der Waals surface area contributed by atoms with Gasteiger partial charge in [0.2, 0.25) is 5.91 Å².